The second kappa shape index (κ2) is 11.4. The van der Waals surface area contributed by atoms with Crippen molar-refractivity contribution in [3.05, 3.63) is 41.3 Å². The monoisotopic (exact) mass is 448 g/mol. The van der Waals surface area contributed by atoms with E-state index < -0.39 is 0 Å². The largest absolute Gasteiger partial charge is 0.0819 e. The maximum atomic E-state index is 5.92. The predicted molar refractivity (Wildman–Crippen MR) is 112 cm³/mol. The van der Waals surface area contributed by atoms with Crippen molar-refractivity contribution in [2.24, 2.45) is 0 Å². The highest BCUT2D eigenvalue weighted by Gasteiger charge is 2.37. The standard InChI is InChI=1S/C10H22.C8Cl6/c1-3-5-7-9-10-8-6-4-2;9-3-1-2(5(11)7(3)13)6(12)8(14)4(1)10/h3-10H2,1-2H3;. The van der Waals surface area contributed by atoms with Gasteiger partial charge in [-0.05, 0) is 0 Å². The molecule has 0 aromatic rings. The molecule has 0 amide bonds. The van der Waals surface area contributed by atoms with Gasteiger partial charge in [0.15, 0.2) is 0 Å². The van der Waals surface area contributed by atoms with Gasteiger partial charge in [-0.15, -0.1) is 0 Å². The fourth-order valence-electron chi connectivity index (χ4n) is 2.47. The van der Waals surface area contributed by atoms with E-state index in [1.807, 2.05) is 0 Å². The van der Waals surface area contributed by atoms with Crippen LogP contribution in [0.1, 0.15) is 65.2 Å². The summed E-state index contributed by atoms with van der Waals surface area (Å²) in [6.45, 7) is 4.54. The molecule has 136 valence electrons. The molecular formula is C18H22Cl6. The Morgan fingerprint density at radius 1 is 0.417 bits per heavy atom. The van der Waals surface area contributed by atoms with Crippen LogP contribution < -0.4 is 0 Å². The lowest BCUT2D eigenvalue weighted by atomic mass is 10.1. The van der Waals surface area contributed by atoms with Gasteiger partial charge in [-0.2, -0.15) is 0 Å². The zero-order valence-corrected chi connectivity index (χ0v) is 18.5. The van der Waals surface area contributed by atoms with E-state index in [-0.39, 0.29) is 30.2 Å². The number of allylic oxidation sites excluding steroid dienone is 8. The van der Waals surface area contributed by atoms with E-state index >= 15 is 0 Å². The molecule has 0 N–H and O–H groups in total. The molecule has 6 heteroatoms. The second-order valence-electron chi connectivity index (χ2n) is 5.76. The fourth-order valence-corrected chi connectivity index (χ4v) is 4.18. The Balaban J connectivity index is 0.000000257. The highest BCUT2D eigenvalue weighted by Crippen LogP contribution is 2.55. The summed E-state index contributed by atoms with van der Waals surface area (Å²) in [5, 5.41) is 1.63. The first-order valence-corrected chi connectivity index (χ1v) is 10.6. The molecule has 0 saturated heterocycles. The van der Waals surface area contributed by atoms with Crippen LogP contribution >= 0.6 is 69.6 Å². The minimum absolute atomic E-state index is 0.249. The van der Waals surface area contributed by atoms with Crippen molar-refractivity contribution in [2.75, 3.05) is 0 Å². The number of hydrogen-bond acceptors (Lipinski definition) is 0. The van der Waals surface area contributed by atoms with Crippen molar-refractivity contribution in [3.8, 4) is 0 Å². The number of fused-ring (bicyclic) bond motifs is 1. The van der Waals surface area contributed by atoms with Crippen molar-refractivity contribution in [1.82, 2.24) is 0 Å². The Kier molecular flexibility index (Phi) is 10.8. The maximum absolute atomic E-state index is 5.92. The average Bonchev–Trinajstić information content (AvgIpc) is 2.93. The molecule has 0 unspecified atom stereocenters. The van der Waals surface area contributed by atoms with Crippen molar-refractivity contribution < 1.29 is 0 Å². The summed E-state index contributed by atoms with van der Waals surface area (Å²) >= 11 is 35.3. The summed E-state index contributed by atoms with van der Waals surface area (Å²) < 4.78 is 0. The molecule has 2 rings (SSSR count). The van der Waals surface area contributed by atoms with Gasteiger partial charge in [-0.1, -0.05) is 135 Å². The quantitative estimate of drug-likeness (QED) is 0.338. The number of unbranched alkanes of at least 4 members (excludes halogenated alkanes) is 7. The number of halogens is 6. The number of rotatable bonds is 7. The zero-order chi connectivity index (χ0) is 18.3. The first kappa shape index (κ1) is 22.7. The van der Waals surface area contributed by atoms with E-state index in [0.29, 0.717) is 11.1 Å². The predicted octanol–water partition coefficient (Wildman–Crippen LogP) is 9.52. The Labute approximate surface area is 175 Å². The molecule has 0 spiro atoms. The summed E-state index contributed by atoms with van der Waals surface area (Å²) in [6.07, 6.45) is 11.5. The lowest BCUT2D eigenvalue weighted by molar-refractivity contribution is 0.585. The molecule has 0 heterocycles. The average molecular weight is 451 g/mol. The van der Waals surface area contributed by atoms with Gasteiger partial charge in [0.1, 0.15) is 0 Å². The first-order chi connectivity index (χ1) is 11.4. The van der Waals surface area contributed by atoms with Gasteiger partial charge in [-0.25, -0.2) is 0 Å². The van der Waals surface area contributed by atoms with Crippen molar-refractivity contribution in [2.45, 2.75) is 65.2 Å². The Bertz CT molecular complexity index is 528. The van der Waals surface area contributed by atoms with E-state index in [9.17, 15) is 0 Å². The van der Waals surface area contributed by atoms with Crippen LogP contribution in [0.4, 0.5) is 0 Å². The fraction of sp³-hybridized carbons (Fsp3) is 0.556. The van der Waals surface area contributed by atoms with Crippen LogP contribution in [0.15, 0.2) is 41.3 Å². The summed E-state index contributed by atoms with van der Waals surface area (Å²) in [5.41, 5.74) is 1.02. The van der Waals surface area contributed by atoms with Crippen LogP contribution in [-0.4, -0.2) is 0 Å². The van der Waals surface area contributed by atoms with E-state index in [4.69, 9.17) is 69.6 Å². The molecule has 0 saturated carbocycles. The first-order valence-electron chi connectivity index (χ1n) is 8.30. The highest BCUT2D eigenvalue weighted by atomic mass is 35.5. The van der Waals surface area contributed by atoms with Crippen LogP contribution in [0.2, 0.25) is 0 Å². The van der Waals surface area contributed by atoms with Gasteiger partial charge < -0.3 is 0 Å². The van der Waals surface area contributed by atoms with Crippen molar-refractivity contribution in [3.63, 3.8) is 0 Å². The Hall–Kier alpha value is 0.700. The number of hydrogen-bond donors (Lipinski definition) is 0. The molecule has 0 atom stereocenters. The van der Waals surface area contributed by atoms with E-state index in [1.165, 1.54) is 51.4 Å². The Morgan fingerprint density at radius 2 is 0.708 bits per heavy atom. The van der Waals surface area contributed by atoms with Gasteiger partial charge in [0.25, 0.3) is 0 Å². The second-order valence-corrected chi connectivity index (χ2v) is 8.02. The molecule has 0 nitrogen and oxygen atoms in total. The third-order valence-corrected chi connectivity index (χ3v) is 6.51. The summed E-state index contributed by atoms with van der Waals surface area (Å²) in [6, 6.07) is 0. The summed E-state index contributed by atoms with van der Waals surface area (Å²) in [4.78, 5) is 0. The lowest BCUT2D eigenvalue weighted by Gasteiger charge is -1.97. The lowest BCUT2D eigenvalue weighted by Crippen LogP contribution is -1.80. The highest BCUT2D eigenvalue weighted by molar-refractivity contribution is 6.57. The summed E-state index contributed by atoms with van der Waals surface area (Å²) in [5.74, 6) is 0. The third kappa shape index (κ3) is 5.60. The molecule has 2 aliphatic carbocycles. The van der Waals surface area contributed by atoms with Crippen LogP contribution in [0.5, 0.6) is 0 Å². The van der Waals surface area contributed by atoms with E-state index in [1.54, 1.807) is 0 Å². The normalized spacial score (nSPS) is 17.0. The molecule has 0 fully saturated rings. The van der Waals surface area contributed by atoms with Gasteiger partial charge in [0, 0.05) is 11.1 Å². The topological polar surface area (TPSA) is 0 Å². The smallest absolute Gasteiger partial charge is 0.0792 e. The molecular weight excluding hydrogens is 429 g/mol. The SMILES string of the molecule is CCCCCCCCCC.ClC1=C(Cl)C2=C(Cl)C(Cl)=C(Cl)C2=C1Cl. The minimum Gasteiger partial charge on any atom is -0.0819 e. The third-order valence-electron chi connectivity index (χ3n) is 3.86. The van der Waals surface area contributed by atoms with Gasteiger partial charge >= 0.3 is 0 Å². The van der Waals surface area contributed by atoms with Gasteiger partial charge in [0.2, 0.25) is 0 Å². The van der Waals surface area contributed by atoms with Gasteiger partial charge in [-0.3, -0.25) is 0 Å². The van der Waals surface area contributed by atoms with E-state index in [2.05, 4.69) is 13.8 Å². The van der Waals surface area contributed by atoms with E-state index in [0.717, 1.165) is 0 Å². The summed E-state index contributed by atoms with van der Waals surface area (Å²) in [7, 11) is 0. The van der Waals surface area contributed by atoms with Crippen LogP contribution in [0, 0.1) is 0 Å². The molecule has 0 aromatic heterocycles. The molecule has 0 radical (unpaired) electrons. The van der Waals surface area contributed by atoms with Crippen LogP contribution in [-0.2, 0) is 0 Å². The van der Waals surface area contributed by atoms with Crippen molar-refractivity contribution >= 4 is 69.6 Å². The van der Waals surface area contributed by atoms with Crippen molar-refractivity contribution in [1.29, 1.82) is 0 Å². The van der Waals surface area contributed by atoms with Crippen LogP contribution in [0.3, 0.4) is 0 Å². The molecule has 0 aliphatic heterocycles. The molecule has 2 aliphatic rings. The zero-order valence-electron chi connectivity index (χ0n) is 13.9. The van der Waals surface area contributed by atoms with Gasteiger partial charge in [0.05, 0.1) is 30.2 Å². The van der Waals surface area contributed by atoms with Crippen LogP contribution in [0.25, 0.3) is 0 Å². The molecule has 0 aromatic carbocycles. The minimum atomic E-state index is 0.249. The Morgan fingerprint density at radius 3 is 1.00 bits per heavy atom. The molecule has 24 heavy (non-hydrogen) atoms. The maximum Gasteiger partial charge on any atom is 0.0792 e. The molecule has 0 bridgehead atoms.